The molecule has 0 saturated carbocycles. The Bertz CT molecular complexity index is 866. The van der Waals surface area contributed by atoms with Gasteiger partial charge in [0.15, 0.2) is 0 Å². The molecule has 0 bridgehead atoms. The normalized spacial score (nSPS) is 24.2. The number of hydrogen-bond acceptors (Lipinski definition) is 3. The molecule has 4 nitrogen and oxygen atoms in total. The lowest BCUT2D eigenvalue weighted by atomic mass is 9.77. The van der Waals surface area contributed by atoms with Gasteiger partial charge in [-0.1, -0.05) is 47.5 Å². The van der Waals surface area contributed by atoms with Crippen LogP contribution in [0, 0.1) is 16.0 Å². The first kappa shape index (κ1) is 15.5. The fraction of sp³-hybridized carbons (Fsp3) is 0.222. The summed E-state index contributed by atoms with van der Waals surface area (Å²) in [7, 11) is 0. The lowest BCUT2D eigenvalue weighted by molar-refractivity contribution is -0.384. The number of benzene rings is 2. The van der Waals surface area contributed by atoms with Crippen molar-refractivity contribution in [2.75, 3.05) is 5.32 Å². The van der Waals surface area contributed by atoms with Crippen LogP contribution in [-0.4, -0.2) is 4.92 Å². The molecule has 0 amide bonds. The van der Waals surface area contributed by atoms with Gasteiger partial charge < -0.3 is 5.32 Å². The van der Waals surface area contributed by atoms with Crippen LogP contribution >= 0.6 is 23.2 Å². The Morgan fingerprint density at radius 1 is 1.21 bits per heavy atom. The molecule has 0 aromatic heterocycles. The van der Waals surface area contributed by atoms with E-state index in [-0.39, 0.29) is 28.5 Å². The van der Waals surface area contributed by atoms with E-state index in [0.29, 0.717) is 10.0 Å². The van der Waals surface area contributed by atoms with Crippen molar-refractivity contribution in [2.24, 2.45) is 5.92 Å². The van der Waals surface area contributed by atoms with Gasteiger partial charge in [0.2, 0.25) is 0 Å². The first-order chi connectivity index (χ1) is 11.5. The second kappa shape index (κ2) is 5.80. The zero-order valence-corrected chi connectivity index (χ0v) is 14.1. The Morgan fingerprint density at radius 2 is 2.04 bits per heavy atom. The van der Waals surface area contributed by atoms with Crippen molar-refractivity contribution in [1.29, 1.82) is 0 Å². The van der Waals surface area contributed by atoms with E-state index >= 15 is 0 Å². The van der Waals surface area contributed by atoms with Crippen molar-refractivity contribution in [2.45, 2.75) is 18.4 Å². The van der Waals surface area contributed by atoms with Crippen molar-refractivity contribution in [3.63, 3.8) is 0 Å². The molecule has 3 atom stereocenters. The summed E-state index contributed by atoms with van der Waals surface area (Å²) >= 11 is 12.6. The maximum atomic E-state index is 11.1. The first-order valence-corrected chi connectivity index (χ1v) is 8.46. The fourth-order valence-corrected chi connectivity index (χ4v) is 4.35. The molecule has 1 aliphatic heterocycles. The molecule has 1 N–H and O–H groups in total. The second-order valence-corrected chi connectivity index (χ2v) is 7.02. The molecule has 6 heteroatoms. The van der Waals surface area contributed by atoms with Gasteiger partial charge in [0.1, 0.15) is 0 Å². The minimum Gasteiger partial charge on any atom is -0.376 e. The molecule has 24 heavy (non-hydrogen) atoms. The standard InChI is InChI=1S/C18H14Cl2N2O2/c19-11-8-15-13-5-2-6-14(13)17(21-18(15)16(20)9-11)10-3-1-4-12(7-10)22(23)24/h1-5,7-9,13-14,17,21H,6H2/t13-,14+,17-/m1/s1. The number of allylic oxidation sites excluding steroid dienone is 2. The molecule has 0 spiro atoms. The molecule has 4 rings (SSSR count). The van der Waals surface area contributed by atoms with E-state index in [1.54, 1.807) is 18.2 Å². The van der Waals surface area contributed by atoms with Crippen molar-refractivity contribution in [3.8, 4) is 0 Å². The zero-order valence-electron chi connectivity index (χ0n) is 12.6. The van der Waals surface area contributed by atoms with Gasteiger partial charge in [0.25, 0.3) is 5.69 Å². The quantitative estimate of drug-likeness (QED) is 0.422. The third-order valence-electron chi connectivity index (χ3n) is 4.83. The van der Waals surface area contributed by atoms with Crippen LogP contribution in [0.15, 0.2) is 48.6 Å². The minimum absolute atomic E-state index is 0.0314. The highest BCUT2D eigenvalue weighted by molar-refractivity contribution is 6.36. The SMILES string of the molecule is O=[N+]([O-])c1cccc([C@H]2Nc3c(Cl)cc(Cl)cc3[C@@H]3C=CC[C@H]23)c1. The number of nitrogens with zero attached hydrogens (tertiary/aromatic N) is 1. The van der Waals surface area contributed by atoms with Crippen LogP contribution in [0.25, 0.3) is 0 Å². The maximum absolute atomic E-state index is 11.1. The van der Waals surface area contributed by atoms with Gasteiger partial charge in [-0.25, -0.2) is 0 Å². The molecule has 1 heterocycles. The highest BCUT2D eigenvalue weighted by Gasteiger charge is 2.39. The average molecular weight is 361 g/mol. The number of rotatable bonds is 2. The lowest BCUT2D eigenvalue weighted by Crippen LogP contribution is -2.29. The van der Waals surface area contributed by atoms with Gasteiger partial charge in [0.05, 0.1) is 21.7 Å². The number of halogens is 2. The number of fused-ring (bicyclic) bond motifs is 3. The maximum Gasteiger partial charge on any atom is 0.269 e. The van der Waals surface area contributed by atoms with E-state index in [0.717, 1.165) is 23.2 Å². The van der Waals surface area contributed by atoms with Crippen LogP contribution < -0.4 is 5.32 Å². The van der Waals surface area contributed by atoms with E-state index in [4.69, 9.17) is 23.2 Å². The number of nitro benzene ring substituents is 1. The molecule has 0 radical (unpaired) electrons. The average Bonchev–Trinajstić information content (AvgIpc) is 3.04. The van der Waals surface area contributed by atoms with Crippen molar-refractivity contribution in [1.82, 2.24) is 0 Å². The number of anilines is 1. The summed E-state index contributed by atoms with van der Waals surface area (Å²) in [5, 5.41) is 15.8. The summed E-state index contributed by atoms with van der Waals surface area (Å²) in [6.07, 6.45) is 5.25. The molecule has 2 aromatic rings. The zero-order chi connectivity index (χ0) is 16.8. The molecule has 0 fully saturated rings. The Hall–Kier alpha value is -2.04. The monoisotopic (exact) mass is 360 g/mol. The Labute approximate surface area is 149 Å². The van der Waals surface area contributed by atoms with Crippen LogP contribution in [0.4, 0.5) is 11.4 Å². The third kappa shape index (κ3) is 2.46. The van der Waals surface area contributed by atoms with E-state index < -0.39 is 0 Å². The molecule has 2 aromatic carbocycles. The van der Waals surface area contributed by atoms with Gasteiger partial charge in [-0.2, -0.15) is 0 Å². The van der Waals surface area contributed by atoms with Crippen LogP contribution in [0.3, 0.4) is 0 Å². The Morgan fingerprint density at radius 3 is 2.83 bits per heavy atom. The number of nitrogens with one attached hydrogen (secondary N) is 1. The molecule has 0 saturated heterocycles. The predicted octanol–water partition coefficient (Wildman–Crippen LogP) is 5.73. The van der Waals surface area contributed by atoms with Crippen molar-refractivity contribution in [3.05, 3.63) is 79.8 Å². The highest BCUT2D eigenvalue weighted by atomic mass is 35.5. The summed E-state index contributed by atoms with van der Waals surface area (Å²) in [6, 6.07) is 10.4. The lowest BCUT2D eigenvalue weighted by Gasteiger charge is -2.38. The molecule has 122 valence electrons. The van der Waals surface area contributed by atoms with E-state index in [1.165, 1.54) is 6.07 Å². The summed E-state index contributed by atoms with van der Waals surface area (Å²) in [5.41, 5.74) is 2.96. The largest absolute Gasteiger partial charge is 0.376 e. The van der Waals surface area contributed by atoms with Crippen LogP contribution in [-0.2, 0) is 0 Å². The molecular formula is C18H14Cl2N2O2. The predicted molar refractivity (Wildman–Crippen MR) is 95.9 cm³/mol. The summed E-state index contributed by atoms with van der Waals surface area (Å²) in [6.45, 7) is 0. The molecule has 1 aliphatic carbocycles. The molecular weight excluding hydrogens is 347 g/mol. The summed E-state index contributed by atoms with van der Waals surface area (Å²) < 4.78 is 0. The van der Waals surface area contributed by atoms with Crippen LogP contribution in [0.5, 0.6) is 0 Å². The van der Waals surface area contributed by atoms with E-state index in [9.17, 15) is 10.1 Å². The summed E-state index contributed by atoms with van der Waals surface area (Å²) in [4.78, 5) is 10.7. The molecule has 0 unspecified atom stereocenters. The van der Waals surface area contributed by atoms with Crippen molar-refractivity contribution < 1.29 is 4.92 Å². The van der Waals surface area contributed by atoms with Crippen molar-refractivity contribution >= 4 is 34.6 Å². The van der Waals surface area contributed by atoms with Gasteiger partial charge in [-0.05, 0) is 35.6 Å². The summed E-state index contributed by atoms with van der Waals surface area (Å²) in [5.74, 6) is 0.496. The Kier molecular flexibility index (Phi) is 3.74. The number of hydrogen-bond donors (Lipinski definition) is 1. The minimum atomic E-state index is -0.364. The van der Waals surface area contributed by atoms with Crippen LogP contribution in [0.1, 0.15) is 29.5 Å². The third-order valence-corrected chi connectivity index (χ3v) is 5.34. The van der Waals surface area contributed by atoms with E-state index in [1.807, 2.05) is 12.1 Å². The number of non-ortho nitro benzene ring substituents is 1. The van der Waals surface area contributed by atoms with E-state index in [2.05, 4.69) is 17.5 Å². The Balaban J connectivity index is 1.81. The van der Waals surface area contributed by atoms with Gasteiger partial charge >= 0.3 is 0 Å². The smallest absolute Gasteiger partial charge is 0.269 e. The number of nitro groups is 1. The van der Waals surface area contributed by atoms with Crippen LogP contribution in [0.2, 0.25) is 10.0 Å². The van der Waals surface area contributed by atoms with Gasteiger partial charge in [-0.15, -0.1) is 0 Å². The fourth-order valence-electron chi connectivity index (χ4n) is 3.78. The highest BCUT2D eigenvalue weighted by Crippen LogP contribution is 2.52. The van der Waals surface area contributed by atoms with Gasteiger partial charge in [0, 0.05) is 23.1 Å². The first-order valence-electron chi connectivity index (χ1n) is 7.71. The molecule has 2 aliphatic rings. The topological polar surface area (TPSA) is 55.2 Å². The van der Waals surface area contributed by atoms with Gasteiger partial charge in [-0.3, -0.25) is 10.1 Å². The second-order valence-electron chi connectivity index (χ2n) is 6.18.